The van der Waals surface area contributed by atoms with Crippen LogP contribution in [0.3, 0.4) is 0 Å². The summed E-state index contributed by atoms with van der Waals surface area (Å²) in [4.78, 5) is 12.0. The van der Waals surface area contributed by atoms with E-state index in [1.807, 2.05) is 30.3 Å². The molecule has 0 aliphatic heterocycles. The van der Waals surface area contributed by atoms with Gasteiger partial charge in [0.2, 0.25) is 0 Å². The van der Waals surface area contributed by atoms with Crippen molar-refractivity contribution in [1.82, 2.24) is 10.9 Å². The van der Waals surface area contributed by atoms with Crippen molar-refractivity contribution in [3.63, 3.8) is 0 Å². The van der Waals surface area contributed by atoms with E-state index >= 15 is 0 Å². The predicted molar refractivity (Wildman–Crippen MR) is 86.7 cm³/mol. The first-order valence-corrected chi connectivity index (χ1v) is 6.73. The Bertz CT molecular complexity index is 801. The summed E-state index contributed by atoms with van der Waals surface area (Å²) < 4.78 is 5.65. The molecule has 3 aromatic rings. The number of furan rings is 1. The van der Waals surface area contributed by atoms with Crippen molar-refractivity contribution < 1.29 is 9.21 Å². The predicted octanol–water partition coefficient (Wildman–Crippen LogP) is 2.92. The molecule has 0 saturated carbocycles. The zero-order valence-corrected chi connectivity index (χ0v) is 11.8. The highest BCUT2D eigenvalue weighted by Gasteiger charge is 2.09. The van der Waals surface area contributed by atoms with E-state index in [4.69, 9.17) is 10.2 Å². The van der Waals surface area contributed by atoms with Gasteiger partial charge in [0.05, 0.1) is 5.70 Å². The zero-order valence-electron chi connectivity index (χ0n) is 11.8. The lowest BCUT2D eigenvalue weighted by molar-refractivity contribution is 0.0942. The smallest absolute Gasteiger partial charge is 0.269 e. The SMILES string of the molecule is C=C(NNC(=O)c1ccc(N)cc1)c1cc2ccccc2o1. The second-order valence-corrected chi connectivity index (χ2v) is 4.83. The summed E-state index contributed by atoms with van der Waals surface area (Å²) in [5, 5.41) is 0.977. The van der Waals surface area contributed by atoms with Gasteiger partial charge in [-0.2, -0.15) is 0 Å². The van der Waals surface area contributed by atoms with Crippen molar-refractivity contribution in [3.05, 3.63) is 72.5 Å². The Balaban J connectivity index is 1.66. The van der Waals surface area contributed by atoms with E-state index < -0.39 is 0 Å². The maximum Gasteiger partial charge on any atom is 0.269 e. The van der Waals surface area contributed by atoms with Gasteiger partial charge in [0.1, 0.15) is 5.58 Å². The molecule has 2 aromatic carbocycles. The number of amides is 1. The molecule has 0 aliphatic rings. The van der Waals surface area contributed by atoms with Gasteiger partial charge in [-0.05, 0) is 36.4 Å². The Labute approximate surface area is 127 Å². The van der Waals surface area contributed by atoms with Crippen molar-refractivity contribution in [2.45, 2.75) is 0 Å². The number of hydrazine groups is 1. The van der Waals surface area contributed by atoms with Crippen molar-refractivity contribution in [1.29, 1.82) is 0 Å². The number of carbonyl (C=O) groups is 1. The third-order valence-electron chi connectivity index (χ3n) is 3.22. The number of para-hydroxylation sites is 1. The van der Waals surface area contributed by atoms with Crippen molar-refractivity contribution in [3.8, 4) is 0 Å². The van der Waals surface area contributed by atoms with Crippen LogP contribution in [0.5, 0.6) is 0 Å². The molecule has 0 fully saturated rings. The van der Waals surface area contributed by atoms with Crippen LogP contribution in [0, 0.1) is 0 Å². The quantitative estimate of drug-likeness (QED) is 0.510. The molecule has 0 spiro atoms. The zero-order chi connectivity index (χ0) is 15.5. The molecule has 0 atom stereocenters. The highest BCUT2D eigenvalue weighted by molar-refractivity contribution is 5.94. The molecule has 0 unspecified atom stereocenters. The molecule has 0 saturated heterocycles. The van der Waals surface area contributed by atoms with E-state index in [0.29, 0.717) is 22.7 Å². The van der Waals surface area contributed by atoms with Gasteiger partial charge in [0.25, 0.3) is 5.91 Å². The minimum Gasteiger partial charge on any atom is -0.454 e. The van der Waals surface area contributed by atoms with Gasteiger partial charge in [0, 0.05) is 16.6 Å². The molecular weight excluding hydrogens is 278 g/mol. The summed E-state index contributed by atoms with van der Waals surface area (Å²) in [6, 6.07) is 16.1. The summed E-state index contributed by atoms with van der Waals surface area (Å²) in [5.41, 5.74) is 13.3. The lowest BCUT2D eigenvalue weighted by atomic mass is 10.2. The van der Waals surface area contributed by atoms with Gasteiger partial charge in [0.15, 0.2) is 5.76 Å². The number of fused-ring (bicyclic) bond motifs is 1. The molecule has 0 aliphatic carbocycles. The van der Waals surface area contributed by atoms with Crippen LogP contribution in [0.2, 0.25) is 0 Å². The monoisotopic (exact) mass is 293 g/mol. The van der Waals surface area contributed by atoms with Gasteiger partial charge in [-0.25, -0.2) is 0 Å². The van der Waals surface area contributed by atoms with E-state index in [1.54, 1.807) is 24.3 Å². The fourth-order valence-corrected chi connectivity index (χ4v) is 2.03. The summed E-state index contributed by atoms with van der Waals surface area (Å²) >= 11 is 0. The summed E-state index contributed by atoms with van der Waals surface area (Å²) in [6.45, 7) is 3.86. The van der Waals surface area contributed by atoms with Crippen LogP contribution >= 0.6 is 0 Å². The highest BCUT2D eigenvalue weighted by atomic mass is 16.3. The molecule has 3 rings (SSSR count). The minimum atomic E-state index is -0.280. The van der Waals surface area contributed by atoms with Crippen LogP contribution in [0.1, 0.15) is 16.1 Å². The number of nitrogens with two attached hydrogens (primary N) is 1. The number of hydrogen-bond donors (Lipinski definition) is 3. The van der Waals surface area contributed by atoms with Crippen molar-refractivity contribution in [2.75, 3.05) is 5.73 Å². The summed E-state index contributed by atoms with van der Waals surface area (Å²) in [6.07, 6.45) is 0. The molecule has 110 valence electrons. The van der Waals surface area contributed by atoms with Gasteiger partial charge >= 0.3 is 0 Å². The Morgan fingerprint density at radius 3 is 2.50 bits per heavy atom. The second kappa shape index (κ2) is 5.65. The highest BCUT2D eigenvalue weighted by Crippen LogP contribution is 2.22. The molecule has 1 aromatic heterocycles. The first kappa shape index (κ1) is 13.8. The van der Waals surface area contributed by atoms with Crippen molar-refractivity contribution >= 4 is 28.3 Å². The topological polar surface area (TPSA) is 80.3 Å². The maximum atomic E-state index is 12.0. The maximum absolute atomic E-state index is 12.0. The number of anilines is 1. The largest absolute Gasteiger partial charge is 0.454 e. The van der Waals surface area contributed by atoms with Gasteiger partial charge in [-0.1, -0.05) is 24.8 Å². The first-order chi connectivity index (χ1) is 10.6. The van der Waals surface area contributed by atoms with E-state index in [1.165, 1.54) is 0 Å². The minimum absolute atomic E-state index is 0.280. The van der Waals surface area contributed by atoms with E-state index in [0.717, 1.165) is 11.0 Å². The van der Waals surface area contributed by atoms with E-state index in [-0.39, 0.29) is 5.91 Å². The van der Waals surface area contributed by atoms with Gasteiger partial charge in [-0.15, -0.1) is 0 Å². The molecule has 5 heteroatoms. The average molecular weight is 293 g/mol. The molecular formula is C17H15N3O2. The lowest BCUT2D eigenvalue weighted by Gasteiger charge is -2.09. The van der Waals surface area contributed by atoms with Crippen molar-refractivity contribution in [2.24, 2.45) is 0 Å². The fourth-order valence-electron chi connectivity index (χ4n) is 2.03. The Morgan fingerprint density at radius 1 is 1.05 bits per heavy atom. The van der Waals surface area contributed by atoms with Crippen LogP contribution in [-0.2, 0) is 0 Å². The second-order valence-electron chi connectivity index (χ2n) is 4.83. The van der Waals surface area contributed by atoms with Gasteiger partial charge < -0.3 is 10.2 Å². The third kappa shape index (κ3) is 2.78. The van der Waals surface area contributed by atoms with Crippen LogP contribution in [-0.4, -0.2) is 5.91 Å². The molecule has 4 N–H and O–H groups in total. The van der Waals surface area contributed by atoms with Crippen LogP contribution in [0.25, 0.3) is 16.7 Å². The molecule has 5 nitrogen and oxygen atoms in total. The number of hydrogen-bond acceptors (Lipinski definition) is 4. The molecule has 1 amide bonds. The van der Waals surface area contributed by atoms with E-state index in [2.05, 4.69) is 17.4 Å². The molecule has 1 heterocycles. The number of carbonyl (C=O) groups excluding carboxylic acids is 1. The summed E-state index contributed by atoms with van der Waals surface area (Å²) in [5.74, 6) is 0.288. The molecule has 0 radical (unpaired) electrons. The van der Waals surface area contributed by atoms with Crippen LogP contribution < -0.4 is 16.6 Å². The standard InChI is InChI=1S/C17H15N3O2/c1-11(16-10-13-4-2-3-5-15(13)22-16)19-20-17(21)12-6-8-14(18)9-7-12/h2-10,19H,1,18H2,(H,20,21). The Morgan fingerprint density at radius 2 is 1.77 bits per heavy atom. The number of rotatable bonds is 4. The Hall–Kier alpha value is -3.21. The van der Waals surface area contributed by atoms with Crippen LogP contribution in [0.15, 0.2) is 65.6 Å². The molecule has 22 heavy (non-hydrogen) atoms. The lowest BCUT2D eigenvalue weighted by Crippen LogP contribution is -2.35. The van der Waals surface area contributed by atoms with Gasteiger partial charge in [-0.3, -0.25) is 15.6 Å². The van der Waals surface area contributed by atoms with Crippen LogP contribution in [0.4, 0.5) is 5.69 Å². The first-order valence-electron chi connectivity index (χ1n) is 6.73. The normalized spacial score (nSPS) is 10.4. The number of nitrogens with one attached hydrogen (secondary N) is 2. The van der Waals surface area contributed by atoms with E-state index in [9.17, 15) is 4.79 Å². The fraction of sp³-hybridized carbons (Fsp3) is 0. The Kier molecular flexibility index (Phi) is 3.53. The summed E-state index contributed by atoms with van der Waals surface area (Å²) in [7, 11) is 0. The average Bonchev–Trinajstić information content (AvgIpc) is 2.97. The third-order valence-corrected chi connectivity index (χ3v) is 3.22. The number of nitrogen functional groups attached to an aromatic ring is 1. The number of benzene rings is 2. The molecule has 0 bridgehead atoms.